The minimum atomic E-state index is 0.613. The van der Waals surface area contributed by atoms with Gasteiger partial charge in [-0.3, -0.25) is 0 Å². The van der Waals surface area contributed by atoms with Crippen LogP contribution in [0.1, 0.15) is 0 Å². The normalized spacial score (nSPS) is 11.8. The van der Waals surface area contributed by atoms with Crippen LogP contribution >= 0.6 is 0 Å². The zero-order chi connectivity index (χ0) is 42.1. The van der Waals surface area contributed by atoms with Crippen LogP contribution in [0.5, 0.6) is 0 Å². The van der Waals surface area contributed by atoms with Gasteiger partial charge in [-0.05, 0) is 172 Å². The molecule has 0 fully saturated rings. The molecule has 1 aromatic heterocycles. The van der Waals surface area contributed by atoms with Crippen LogP contribution in [0.2, 0.25) is 0 Å². The van der Waals surface area contributed by atoms with Crippen molar-refractivity contribution in [3.05, 3.63) is 231 Å². The molecule has 0 aliphatic carbocycles. The van der Waals surface area contributed by atoms with E-state index in [1.165, 1.54) is 86.9 Å². The van der Waals surface area contributed by atoms with Gasteiger partial charge in [0.1, 0.15) is 5.52 Å². The Morgan fingerprint density at radius 2 is 0.672 bits per heavy atom. The van der Waals surface area contributed by atoms with E-state index in [4.69, 9.17) is 9.40 Å². The largest absolute Gasteiger partial charge is 0.436 e. The molecule has 3 nitrogen and oxygen atoms in total. The molecule has 0 atom stereocenters. The van der Waals surface area contributed by atoms with Gasteiger partial charge in [0.2, 0.25) is 5.89 Å². The summed E-state index contributed by atoms with van der Waals surface area (Å²) in [7, 11) is 0. The number of rotatable bonds is 6. The van der Waals surface area contributed by atoms with E-state index in [0.29, 0.717) is 5.89 Å². The van der Waals surface area contributed by atoms with Gasteiger partial charge < -0.3 is 9.32 Å². The number of oxazole rings is 1. The Hall–Kier alpha value is -8.53. The standard InChI is InChI=1S/C61H38N2O/c1-3-9-55-39(7-1)13-19-50-35-46(25-31-57(50)55)42-15-17-48-37-53(29-23-44(48)33-42)63(52-27-21-41(22-28-52)61-62-59-11-5-6-12-60(59)64-61)54-30-24-45-34-43(16-18-49(45)38-54)47-26-32-58-51(36-47)20-14-40-8-2-4-10-56(40)58/h1-38H. The highest BCUT2D eigenvalue weighted by atomic mass is 16.3. The number of aromatic nitrogens is 1. The minimum Gasteiger partial charge on any atom is -0.436 e. The lowest BCUT2D eigenvalue weighted by Gasteiger charge is -2.26. The summed E-state index contributed by atoms with van der Waals surface area (Å²) < 4.78 is 6.15. The van der Waals surface area contributed by atoms with Crippen molar-refractivity contribution in [2.24, 2.45) is 0 Å². The van der Waals surface area contributed by atoms with Gasteiger partial charge in [0.25, 0.3) is 0 Å². The molecule has 3 heteroatoms. The van der Waals surface area contributed by atoms with E-state index >= 15 is 0 Å². The molecule has 0 unspecified atom stereocenters. The average molecular weight is 815 g/mol. The molecule has 1 heterocycles. The summed E-state index contributed by atoms with van der Waals surface area (Å²) >= 11 is 0. The Bertz CT molecular complexity index is 3740. The van der Waals surface area contributed by atoms with Crippen LogP contribution in [0.3, 0.4) is 0 Å². The van der Waals surface area contributed by atoms with Gasteiger partial charge in [-0.15, -0.1) is 0 Å². The molecule has 0 saturated heterocycles. The fourth-order valence-corrected chi connectivity index (χ4v) is 9.68. The highest BCUT2D eigenvalue weighted by Gasteiger charge is 2.17. The number of fused-ring (bicyclic) bond motifs is 9. The first kappa shape index (κ1) is 36.2. The Morgan fingerprint density at radius 3 is 1.23 bits per heavy atom. The number of hydrogen-bond acceptors (Lipinski definition) is 3. The van der Waals surface area contributed by atoms with Gasteiger partial charge in [0, 0.05) is 22.6 Å². The summed E-state index contributed by atoms with van der Waals surface area (Å²) in [6, 6.07) is 83.5. The lowest BCUT2D eigenvalue weighted by atomic mass is 9.96. The smallest absolute Gasteiger partial charge is 0.227 e. The summed E-state index contributed by atoms with van der Waals surface area (Å²) in [5.74, 6) is 0.613. The van der Waals surface area contributed by atoms with Crippen molar-refractivity contribution < 1.29 is 4.42 Å². The number of nitrogens with zero attached hydrogens (tertiary/aromatic N) is 2. The molecular weight excluding hydrogens is 777 g/mol. The van der Waals surface area contributed by atoms with Crippen LogP contribution in [0.4, 0.5) is 17.1 Å². The second kappa shape index (κ2) is 14.5. The van der Waals surface area contributed by atoms with E-state index in [9.17, 15) is 0 Å². The fraction of sp³-hybridized carbons (Fsp3) is 0. The SMILES string of the molecule is c1ccc2c(c1)ccc1cc(-c3ccc4cc(N(c5ccc(-c6nc7ccccc7o6)cc5)c5ccc6cc(-c7ccc8c(ccc9ccccc98)c7)ccc6c5)ccc4c3)ccc12. The second-order valence-corrected chi connectivity index (χ2v) is 16.8. The summed E-state index contributed by atoms with van der Waals surface area (Å²) in [6.45, 7) is 0. The van der Waals surface area contributed by atoms with Crippen LogP contribution < -0.4 is 4.90 Å². The van der Waals surface area contributed by atoms with E-state index in [0.717, 1.165) is 33.7 Å². The average Bonchev–Trinajstić information content (AvgIpc) is 3.80. The zero-order valence-electron chi connectivity index (χ0n) is 34.7. The molecule has 0 amide bonds. The molecule has 0 aliphatic heterocycles. The Labute approximate surface area is 369 Å². The molecule has 0 radical (unpaired) electrons. The number of para-hydroxylation sites is 2. The van der Waals surface area contributed by atoms with Gasteiger partial charge in [-0.2, -0.15) is 0 Å². The van der Waals surface area contributed by atoms with Crippen LogP contribution in [0.15, 0.2) is 235 Å². The van der Waals surface area contributed by atoms with Gasteiger partial charge >= 0.3 is 0 Å². The van der Waals surface area contributed by atoms with Crippen molar-refractivity contribution in [2.45, 2.75) is 0 Å². The molecule has 298 valence electrons. The van der Waals surface area contributed by atoms with Crippen molar-refractivity contribution in [1.82, 2.24) is 4.98 Å². The highest BCUT2D eigenvalue weighted by molar-refractivity contribution is 6.10. The van der Waals surface area contributed by atoms with Gasteiger partial charge in [0.05, 0.1) is 0 Å². The minimum absolute atomic E-state index is 0.613. The molecule has 0 bridgehead atoms. The van der Waals surface area contributed by atoms with E-state index in [1.54, 1.807) is 0 Å². The van der Waals surface area contributed by atoms with Crippen LogP contribution in [0, 0.1) is 0 Å². The Morgan fingerprint density at radius 1 is 0.281 bits per heavy atom. The van der Waals surface area contributed by atoms with Crippen LogP contribution in [-0.2, 0) is 0 Å². The number of hydrogen-bond donors (Lipinski definition) is 0. The summed E-state index contributed by atoms with van der Waals surface area (Å²) in [4.78, 5) is 7.12. The maximum absolute atomic E-state index is 6.15. The molecule has 0 saturated carbocycles. The van der Waals surface area contributed by atoms with E-state index in [1.807, 2.05) is 24.3 Å². The topological polar surface area (TPSA) is 29.3 Å². The Balaban J connectivity index is 0.876. The van der Waals surface area contributed by atoms with E-state index in [2.05, 4.69) is 211 Å². The quantitative estimate of drug-likeness (QED) is 0.157. The summed E-state index contributed by atoms with van der Waals surface area (Å²) in [6.07, 6.45) is 0. The number of benzene rings is 12. The first-order valence-electron chi connectivity index (χ1n) is 21.8. The third-order valence-corrected chi connectivity index (χ3v) is 13.0. The lowest BCUT2D eigenvalue weighted by molar-refractivity contribution is 0.620. The molecule has 13 aromatic rings. The van der Waals surface area contributed by atoms with Crippen LogP contribution in [-0.4, -0.2) is 4.98 Å². The number of anilines is 3. The molecule has 12 aromatic carbocycles. The highest BCUT2D eigenvalue weighted by Crippen LogP contribution is 2.40. The van der Waals surface area contributed by atoms with Crippen molar-refractivity contribution >= 4 is 92.8 Å². The van der Waals surface area contributed by atoms with Gasteiger partial charge in [-0.25, -0.2) is 4.98 Å². The lowest BCUT2D eigenvalue weighted by Crippen LogP contribution is -2.10. The second-order valence-electron chi connectivity index (χ2n) is 16.8. The third kappa shape index (κ3) is 6.17. The summed E-state index contributed by atoms with van der Waals surface area (Å²) in [5, 5.41) is 14.9. The molecule has 0 aliphatic rings. The molecule has 0 spiro atoms. The van der Waals surface area contributed by atoms with Crippen molar-refractivity contribution in [2.75, 3.05) is 4.90 Å². The van der Waals surface area contributed by atoms with Gasteiger partial charge in [0.15, 0.2) is 5.58 Å². The molecule has 13 rings (SSSR count). The van der Waals surface area contributed by atoms with Crippen LogP contribution in [0.25, 0.3) is 109 Å². The molecule has 64 heavy (non-hydrogen) atoms. The maximum Gasteiger partial charge on any atom is 0.227 e. The van der Waals surface area contributed by atoms with Crippen molar-refractivity contribution in [1.29, 1.82) is 0 Å². The molecule has 0 N–H and O–H groups in total. The summed E-state index contributed by atoms with van der Waals surface area (Å²) in [5.41, 5.74) is 10.6. The van der Waals surface area contributed by atoms with E-state index < -0.39 is 0 Å². The first-order chi connectivity index (χ1) is 31.6. The molecular formula is C61H38N2O. The monoisotopic (exact) mass is 814 g/mol. The van der Waals surface area contributed by atoms with E-state index in [-0.39, 0.29) is 0 Å². The maximum atomic E-state index is 6.15. The van der Waals surface area contributed by atoms with Gasteiger partial charge in [-0.1, -0.05) is 146 Å². The predicted octanol–water partition coefficient (Wildman–Crippen LogP) is 17.2. The zero-order valence-corrected chi connectivity index (χ0v) is 34.7. The Kier molecular flexibility index (Phi) is 8.22. The third-order valence-electron chi connectivity index (χ3n) is 13.0. The fourth-order valence-electron chi connectivity index (χ4n) is 9.68. The van der Waals surface area contributed by atoms with Crippen molar-refractivity contribution in [3.8, 4) is 33.7 Å². The predicted molar refractivity (Wildman–Crippen MR) is 270 cm³/mol. The first-order valence-corrected chi connectivity index (χ1v) is 21.8. The van der Waals surface area contributed by atoms with Crippen molar-refractivity contribution in [3.63, 3.8) is 0 Å².